The highest BCUT2D eigenvalue weighted by Crippen LogP contribution is 2.47. The Labute approximate surface area is 415 Å². The molecule has 0 spiro atoms. The van der Waals surface area contributed by atoms with Crippen molar-refractivity contribution < 1.29 is 0 Å². The van der Waals surface area contributed by atoms with Gasteiger partial charge in [0.25, 0.3) is 0 Å². The summed E-state index contributed by atoms with van der Waals surface area (Å²) in [5, 5.41) is 10.1. The summed E-state index contributed by atoms with van der Waals surface area (Å²) in [6, 6.07) is 83.7. The molecule has 0 fully saturated rings. The molecule has 71 heavy (non-hydrogen) atoms. The Morgan fingerprint density at radius 3 is 1.79 bits per heavy atom. The third-order valence-electron chi connectivity index (χ3n) is 15.1. The standard InChI is InChI=1S/C70H51N/c1-3-4-6-20-48-35-36-50-43-52(70-63-31-15-13-29-61(63)69(49-22-7-5-8-23-49)62-30-14-16-32-64(62)70)37-40-58(50)59-41-39-53(45-65(59)46(2)54-25-11-12-26-55(48)54)71-67-34-18-17-28-60(67)66-44-51(38-42-68(66)71)57-33-19-24-47-21-9-10-27-56(47)57/h3-35,37-46H,36H2,1-2H3/b4-3-,20-6-,48-35-. The molecule has 1 atom stereocenters. The van der Waals surface area contributed by atoms with Crippen molar-refractivity contribution in [1.82, 2.24) is 4.57 Å². The molecule has 1 heterocycles. The Hall–Kier alpha value is -8.78. The summed E-state index contributed by atoms with van der Waals surface area (Å²) in [6.45, 7) is 4.48. The summed E-state index contributed by atoms with van der Waals surface area (Å²) in [5.74, 6) is 0.0785. The number of aromatic nitrogens is 1. The van der Waals surface area contributed by atoms with Gasteiger partial charge in [0.05, 0.1) is 11.0 Å². The average Bonchev–Trinajstić information content (AvgIpc) is 3.76. The van der Waals surface area contributed by atoms with Crippen LogP contribution >= 0.6 is 0 Å². The van der Waals surface area contributed by atoms with Crippen molar-refractivity contribution in [3.63, 3.8) is 0 Å². The Morgan fingerprint density at radius 2 is 1.01 bits per heavy atom. The topological polar surface area (TPSA) is 4.93 Å². The van der Waals surface area contributed by atoms with E-state index < -0.39 is 0 Å². The molecule has 0 N–H and O–H groups in total. The molecule has 11 aromatic carbocycles. The lowest BCUT2D eigenvalue weighted by atomic mass is 9.80. The highest BCUT2D eigenvalue weighted by Gasteiger charge is 2.24. The van der Waals surface area contributed by atoms with Gasteiger partial charge in [-0.2, -0.15) is 0 Å². The van der Waals surface area contributed by atoms with E-state index in [0.717, 1.165) is 12.1 Å². The number of fused-ring (bicyclic) bond motifs is 10. The number of allylic oxidation sites excluding steroid dienone is 6. The Kier molecular flexibility index (Phi) is 10.5. The molecule has 336 valence electrons. The normalized spacial score (nSPS) is 14.6. The van der Waals surface area contributed by atoms with E-state index in [0.29, 0.717) is 0 Å². The van der Waals surface area contributed by atoms with E-state index in [2.05, 4.69) is 273 Å². The predicted octanol–water partition coefficient (Wildman–Crippen LogP) is 19.1. The first-order chi connectivity index (χ1) is 35.1. The van der Waals surface area contributed by atoms with Crippen LogP contribution in [0, 0.1) is 0 Å². The van der Waals surface area contributed by atoms with Gasteiger partial charge in [-0.15, -0.1) is 0 Å². The highest BCUT2D eigenvalue weighted by molar-refractivity contribution is 6.21. The van der Waals surface area contributed by atoms with Gasteiger partial charge in [-0.3, -0.25) is 0 Å². The quantitative estimate of drug-likeness (QED) is 0.116. The second-order valence-electron chi connectivity index (χ2n) is 19.0. The smallest absolute Gasteiger partial charge is 0.0541 e. The first kappa shape index (κ1) is 42.3. The largest absolute Gasteiger partial charge is 0.309 e. The summed E-state index contributed by atoms with van der Waals surface area (Å²) < 4.78 is 2.49. The molecule has 12 aromatic rings. The maximum atomic E-state index is 2.49. The minimum atomic E-state index is 0.0785. The maximum absolute atomic E-state index is 2.49. The molecule has 1 aliphatic carbocycles. The van der Waals surface area contributed by atoms with Gasteiger partial charge in [0, 0.05) is 22.4 Å². The molecule has 13 rings (SSSR count). The van der Waals surface area contributed by atoms with Crippen molar-refractivity contribution in [2.24, 2.45) is 0 Å². The van der Waals surface area contributed by atoms with Crippen LogP contribution in [0.25, 0.3) is 110 Å². The van der Waals surface area contributed by atoms with Crippen LogP contribution in [-0.4, -0.2) is 4.57 Å². The van der Waals surface area contributed by atoms with Gasteiger partial charge >= 0.3 is 0 Å². The number of benzene rings is 11. The molecule has 0 saturated carbocycles. The zero-order valence-corrected chi connectivity index (χ0v) is 40.0. The van der Waals surface area contributed by atoms with Crippen LogP contribution in [0.5, 0.6) is 0 Å². The van der Waals surface area contributed by atoms with E-state index >= 15 is 0 Å². The summed E-state index contributed by atoms with van der Waals surface area (Å²) >= 11 is 0. The number of para-hydroxylation sites is 1. The molecule has 0 aliphatic heterocycles. The molecular formula is C70H51N. The molecule has 0 saturated heterocycles. The predicted molar refractivity (Wildman–Crippen MR) is 305 cm³/mol. The van der Waals surface area contributed by atoms with Gasteiger partial charge < -0.3 is 4.57 Å². The van der Waals surface area contributed by atoms with E-state index in [4.69, 9.17) is 0 Å². The zero-order chi connectivity index (χ0) is 47.4. The molecule has 0 bridgehead atoms. The summed E-state index contributed by atoms with van der Waals surface area (Å²) in [4.78, 5) is 0. The highest BCUT2D eigenvalue weighted by atomic mass is 15.0. The van der Waals surface area contributed by atoms with E-state index in [-0.39, 0.29) is 5.92 Å². The fraction of sp³-hybridized carbons (Fsp3) is 0.0571. The zero-order valence-electron chi connectivity index (χ0n) is 40.0. The maximum Gasteiger partial charge on any atom is 0.0541 e. The fourth-order valence-electron chi connectivity index (χ4n) is 11.8. The third kappa shape index (κ3) is 7.16. The van der Waals surface area contributed by atoms with E-state index in [9.17, 15) is 0 Å². The number of nitrogens with zero attached hydrogens (tertiary/aromatic N) is 1. The van der Waals surface area contributed by atoms with Crippen LogP contribution in [0.3, 0.4) is 0 Å². The van der Waals surface area contributed by atoms with Gasteiger partial charge in [0.1, 0.15) is 0 Å². The molecule has 1 heteroatoms. The SMILES string of the molecule is C\C=C/C=C\C1=C\Cc2cc(-c3c4ccccc4c(-c4ccccc4)c4ccccc34)ccc2-c2ccc(-n3c4ccccc4c4cc(-c5cccc6ccccc56)ccc43)cc2C(C)c2ccccc21. The van der Waals surface area contributed by atoms with Gasteiger partial charge in [-0.05, 0) is 148 Å². The summed E-state index contributed by atoms with van der Waals surface area (Å²) in [5.41, 5.74) is 20.0. The van der Waals surface area contributed by atoms with Crippen LogP contribution in [0.1, 0.15) is 42.0 Å². The van der Waals surface area contributed by atoms with E-state index in [1.807, 2.05) is 0 Å². The van der Waals surface area contributed by atoms with Crippen molar-refractivity contribution in [3.05, 3.63) is 277 Å². The Morgan fingerprint density at radius 1 is 0.408 bits per heavy atom. The van der Waals surface area contributed by atoms with Gasteiger partial charge in [-0.25, -0.2) is 0 Å². The molecule has 1 nitrogen and oxygen atoms in total. The van der Waals surface area contributed by atoms with E-state index in [1.54, 1.807) is 0 Å². The lowest BCUT2D eigenvalue weighted by Gasteiger charge is -2.25. The lowest BCUT2D eigenvalue weighted by molar-refractivity contribution is 0.915. The lowest BCUT2D eigenvalue weighted by Crippen LogP contribution is -2.07. The summed E-state index contributed by atoms with van der Waals surface area (Å²) in [7, 11) is 0. The fourth-order valence-corrected chi connectivity index (χ4v) is 11.8. The summed E-state index contributed by atoms with van der Waals surface area (Å²) in [6.07, 6.45) is 11.9. The first-order valence-electron chi connectivity index (χ1n) is 25.0. The molecule has 0 amide bonds. The average molecular weight is 906 g/mol. The molecule has 1 aromatic heterocycles. The van der Waals surface area contributed by atoms with Gasteiger partial charge in [-0.1, -0.05) is 231 Å². The van der Waals surface area contributed by atoms with Crippen molar-refractivity contribution in [2.45, 2.75) is 26.2 Å². The first-order valence-corrected chi connectivity index (χ1v) is 25.0. The Bertz CT molecular complexity index is 4090. The van der Waals surface area contributed by atoms with Crippen LogP contribution < -0.4 is 0 Å². The van der Waals surface area contributed by atoms with Crippen LogP contribution in [0.2, 0.25) is 0 Å². The molecule has 1 aliphatic rings. The van der Waals surface area contributed by atoms with E-state index in [1.165, 1.54) is 126 Å². The number of hydrogen-bond acceptors (Lipinski definition) is 0. The van der Waals surface area contributed by atoms with Crippen molar-refractivity contribution in [1.29, 1.82) is 0 Å². The number of hydrogen-bond donors (Lipinski definition) is 0. The number of rotatable bonds is 6. The second kappa shape index (κ2) is 17.6. The molecule has 1 unspecified atom stereocenters. The Balaban J connectivity index is 1.04. The van der Waals surface area contributed by atoms with Crippen molar-refractivity contribution in [2.75, 3.05) is 0 Å². The van der Waals surface area contributed by atoms with Gasteiger partial charge in [0.15, 0.2) is 0 Å². The van der Waals surface area contributed by atoms with Crippen LogP contribution in [0.15, 0.2) is 255 Å². The van der Waals surface area contributed by atoms with Gasteiger partial charge in [0.2, 0.25) is 0 Å². The minimum absolute atomic E-state index is 0.0785. The molecule has 0 radical (unpaired) electrons. The minimum Gasteiger partial charge on any atom is -0.309 e. The monoisotopic (exact) mass is 905 g/mol. The van der Waals surface area contributed by atoms with Crippen molar-refractivity contribution in [3.8, 4) is 50.2 Å². The second-order valence-corrected chi connectivity index (χ2v) is 19.0. The third-order valence-corrected chi connectivity index (χ3v) is 15.1. The van der Waals surface area contributed by atoms with Crippen molar-refractivity contribution >= 4 is 59.7 Å². The van der Waals surface area contributed by atoms with Crippen LogP contribution in [-0.2, 0) is 6.42 Å². The van der Waals surface area contributed by atoms with Crippen LogP contribution in [0.4, 0.5) is 0 Å². The molecular weight excluding hydrogens is 855 g/mol.